The Balaban J connectivity index is 1.49. The summed E-state index contributed by atoms with van der Waals surface area (Å²) in [6.45, 7) is 0. The molecule has 4 aromatic heterocycles. The molecule has 44 heavy (non-hydrogen) atoms. The Morgan fingerprint density at radius 3 is 2.14 bits per heavy atom. The highest BCUT2D eigenvalue weighted by Crippen LogP contribution is 2.48. The van der Waals surface area contributed by atoms with Crippen molar-refractivity contribution in [1.29, 1.82) is 0 Å². The zero-order valence-corrected chi connectivity index (χ0v) is 24.2. The monoisotopic (exact) mass is 578 g/mol. The fourth-order valence-electron chi connectivity index (χ4n) is 6.94. The topological polar surface area (TPSA) is 43.6 Å². The summed E-state index contributed by atoms with van der Waals surface area (Å²) in [5.41, 5.74) is 6.64. The van der Waals surface area contributed by atoms with Crippen LogP contribution in [0, 0.1) is 0 Å². The summed E-state index contributed by atoms with van der Waals surface area (Å²) in [7, 11) is 0. The number of nitrogens with zero attached hydrogens (tertiary/aromatic N) is 4. The van der Waals surface area contributed by atoms with Gasteiger partial charge in [0.05, 0.1) is 26.8 Å². The van der Waals surface area contributed by atoms with Crippen LogP contribution in [0.25, 0.3) is 91.8 Å². The first kappa shape index (κ1) is 23.9. The molecular weight excluding hydrogens is 557 g/mol. The molecule has 0 aliphatic carbocycles. The molecule has 0 bridgehead atoms. The largest absolute Gasteiger partial charge is 0.290 e. The van der Waals surface area contributed by atoms with Crippen LogP contribution in [0.3, 0.4) is 0 Å². The van der Waals surface area contributed by atoms with Crippen LogP contribution < -0.4 is 0 Å². The third-order valence-electron chi connectivity index (χ3n) is 8.80. The summed E-state index contributed by atoms with van der Waals surface area (Å²) in [6.07, 6.45) is 1.83. The molecule has 0 atom stereocenters. The number of benzene rings is 6. The fraction of sp³-hybridized carbons (Fsp3) is 0. The van der Waals surface area contributed by atoms with E-state index in [2.05, 4.69) is 120 Å². The van der Waals surface area contributed by atoms with E-state index in [0.717, 1.165) is 44.5 Å². The maximum absolute atomic E-state index is 5.51. The predicted octanol–water partition coefficient (Wildman–Crippen LogP) is 10.5. The predicted molar refractivity (Wildman–Crippen MR) is 185 cm³/mol. The molecule has 0 N–H and O–H groups in total. The molecule has 0 spiro atoms. The second-order valence-electron chi connectivity index (χ2n) is 11.2. The van der Waals surface area contributed by atoms with E-state index in [-0.39, 0.29) is 0 Å². The first-order chi connectivity index (χ1) is 21.8. The van der Waals surface area contributed by atoms with E-state index in [0.29, 0.717) is 0 Å². The van der Waals surface area contributed by atoms with Crippen molar-refractivity contribution in [3.05, 3.63) is 134 Å². The Bertz CT molecular complexity index is 2780. The van der Waals surface area contributed by atoms with E-state index in [9.17, 15) is 0 Å². The van der Waals surface area contributed by atoms with Crippen LogP contribution in [-0.4, -0.2) is 19.5 Å². The van der Waals surface area contributed by atoms with Gasteiger partial charge in [0, 0.05) is 43.4 Å². The van der Waals surface area contributed by atoms with Crippen molar-refractivity contribution in [3.8, 4) is 17.1 Å². The molecule has 204 valence electrons. The van der Waals surface area contributed by atoms with Gasteiger partial charge in [-0.05, 0) is 35.0 Å². The Kier molecular flexibility index (Phi) is 4.84. The normalized spacial score (nSPS) is 12.1. The average molecular weight is 579 g/mol. The number of fused-ring (bicyclic) bond motifs is 13. The van der Waals surface area contributed by atoms with Gasteiger partial charge in [-0.25, -0.2) is 9.97 Å². The first-order valence-electron chi connectivity index (χ1n) is 14.7. The van der Waals surface area contributed by atoms with Gasteiger partial charge < -0.3 is 0 Å². The highest BCUT2D eigenvalue weighted by molar-refractivity contribution is 7.27. The lowest BCUT2D eigenvalue weighted by Crippen LogP contribution is -2.04. The molecule has 0 radical (unpaired) electrons. The minimum absolute atomic E-state index is 0.803. The molecule has 10 aromatic rings. The van der Waals surface area contributed by atoms with Gasteiger partial charge in [-0.1, -0.05) is 103 Å². The van der Waals surface area contributed by atoms with Gasteiger partial charge in [-0.15, -0.1) is 11.3 Å². The number of pyridine rings is 1. The minimum atomic E-state index is 0.803. The molecule has 0 amide bonds. The Hall–Kier alpha value is -5.65. The van der Waals surface area contributed by atoms with Gasteiger partial charge in [-0.2, -0.15) is 0 Å². The van der Waals surface area contributed by atoms with Gasteiger partial charge in [0.2, 0.25) is 0 Å². The van der Waals surface area contributed by atoms with Crippen molar-refractivity contribution in [1.82, 2.24) is 19.5 Å². The fourth-order valence-corrected chi connectivity index (χ4v) is 8.20. The van der Waals surface area contributed by atoms with Crippen LogP contribution in [0.15, 0.2) is 134 Å². The van der Waals surface area contributed by atoms with E-state index in [4.69, 9.17) is 15.0 Å². The molecule has 4 heterocycles. The van der Waals surface area contributed by atoms with Crippen molar-refractivity contribution in [2.24, 2.45) is 0 Å². The Morgan fingerprint density at radius 2 is 1.27 bits per heavy atom. The van der Waals surface area contributed by atoms with E-state index >= 15 is 0 Å². The van der Waals surface area contributed by atoms with Gasteiger partial charge in [0.25, 0.3) is 0 Å². The van der Waals surface area contributed by atoms with Crippen molar-refractivity contribution >= 4 is 86.0 Å². The molecule has 0 aliphatic rings. The number of aromatic nitrogens is 4. The first-order valence-corrected chi connectivity index (χ1v) is 15.5. The lowest BCUT2D eigenvalue weighted by atomic mass is 9.99. The molecule has 6 aromatic carbocycles. The third-order valence-corrected chi connectivity index (χ3v) is 9.98. The second-order valence-corrected chi connectivity index (χ2v) is 12.2. The van der Waals surface area contributed by atoms with Gasteiger partial charge in [0.15, 0.2) is 5.82 Å². The van der Waals surface area contributed by atoms with Crippen LogP contribution in [0.2, 0.25) is 0 Å². The van der Waals surface area contributed by atoms with Gasteiger partial charge >= 0.3 is 0 Å². The van der Waals surface area contributed by atoms with E-state index in [1.807, 2.05) is 29.7 Å². The van der Waals surface area contributed by atoms with E-state index in [1.54, 1.807) is 0 Å². The lowest BCUT2D eigenvalue weighted by molar-refractivity contribution is 1.08. The smallest absolute Gasteiger partial charge is 0.165 e. The number of thiophene rings is 1. The third kappa shape index (κ3) is 3.19. The summed E-state index contributed by atoms with van der Waals surface area (Å²) in [6, 6.07) is 44.9. The average Bonchev–Trinajstić information content (AvgIpc) is 3.65. The highest BCUT2D eigenvalue weighted by atomic mass is 32.1. The van der Waals surface area contributed by atoms with Crippen LogP contribution in [0.5, 0.6) is 0 Å². The van der Waals surface area contributed by atoms with Crippen molar-refractivity contribution < 1.29 is 0 Å². The summed E-state index contributed by atoms with van der Waals surface area (Å²) < 4.78 is 4.90. The molecule has 10 rings (SSSR count). The van der Waals surface area contributed by atoms with E-state index in [1.165, 1.54) is 47.2 Å². The van der Waals surface area contributed by atoms with Crippen LogP contribution in [0.4, 0.5) is 0 Å². The van der Waals surface area contributed by atoms with Gasteiger partial charge in [-0.3, -0.25) is 9.55 Å². The molecule has 4 nitrogen and oxygen atoms in total. The maximum atomic E-state index is 5.51. The molecule has 0 fully saturated rings. The lowest BCUT2D eigenvalue weighted by Gasteiger charge is -2.15. The van der Waals surface area contributed by atoms with E-state index < -0.39 is 0 Å². The molecule has 0 saturated heterocycles. The molecule has 5 heteroatoms. The van der Waals surface area contributed by atoms with Gasteiger partial charge in [0.1, 0.15) is 11.2 Å². The molecule has 0 unspecified atom stereocenters. The van der Waals surface area contributed by atoms with Crippen LogP contribution in [-0.2, 0) is 0 Å². The molecule has 0 saturated carbocycles. The number of hydrogen-bond donors (Lipinski definition) is 0. The standard InChI is InChI=1S/C39H22N4S/c1-2-11-23(12-3-1)35-39(42-36-29(41-35)21-20-24-13-10-22-40-34(24)36)43-30-18-8-6-16-27(30)32-25-14-4-5-15-26(25)33-28-17-7-9-19-31(28)44-38(33)37(32)43/h1-22H. The molecule has 0 aliphatic heterocycles. The van der Waals surface area contributed by atoms with Crippen molar-refractivity contribution in [2.75, 3.05) is 0 Å². The Morgan fingerprint density at radius 1 is 0.545 bits per heavy atom. The van der Waals surface area contributed by atoms with Crippen molar-refractivity contribution in [3.63, 3.8) is 0 Å². The zero-order chi connectivity index (χ0) is 28.8. The summed E-state index contributed by atoms with van der Waals surface area (Å²) in [4.78, 5) is 15.6. The number of hydrogen-bond acceptors (Lipinski definition) is 4. The van der Waals surface area contributed by atoms with Crippen LogP contribution >= 0.6 is 11.3 Å². The van der Waals surface area contributed by atoms with Crippen molar-refractivity contribution in [2.45, 2.75) is 0 Å². The zero-order valence-electron chi connectivity index (χ0n) is 23.4. The summed E-state index contributed by atoms with van der Waals surface area (Å²) in [5.74, 6) is 0.807. The minimum Gasteiger partial charge on any atom is -0.290 e. The number of para-hydroxylation sites is 1. The molecular formula is C39H22N4S. The quantitative estimate of drug-likeness (QED) is 0.192. The Labute approximate surface area is 255 Å². The second kappa shape index (κ2) is 8.93. The SMILES string of the molecule is c1ccc(-c2nc3ccc4cccnc4c3nc2-n2c3ccccc3c3c4ccccc4c4c5ccccc5sc4c32)cc1. The summed E-state index contributed by atoms with van der Waals surface area (Å²) in [5, 5.41) is 8.59. The maximum Gasteiger partial charge on any atom is 0.165 e. The number of rotatable bonds is 2. The highest BCUT2D eigenvalue weighted by Gasteiger charge is 2.24. The summed E-state index contributed by atoms with van der Waals surface area (Å²) >= 11 is 1.86. The van der Waals surface area contributed by atoms with Crippen LogP contribution in [0.1, 0.15) is 0 Å².